The molecule has 0 aromatic carbocycles. The molecule has 1 aliphatic heterocycles. The second kappa shape index (κ2) is 5.85. The van der Waals surface area contributed by atoms with Gasteiger partial charge >= 0.3 is 0 Å². The SMILES string of the molecule is CN(C)C1CCN(c2ncc(F)cc2CCl)CC1. The van der Waals surface area contributed by atoms with Gasteiger partial charge in [-0.25, -0.2) is 9.37 Å². The van der Waals surface area contributed by atoms with Gasteiger partial charge in [-0.15, -0.1) is 11.6 Å². The fourth-order valence-electron chi connectivity index (χ4n) is 2.45. The van der Waals surface area contributed by atoms with Crippen LogP contribution in [0.15, 0.2) is 12.3 Å². The molecule has 0 amide bonds. The van der Waals surface area contributed by atoms with Crippen molar-refractivity contribution in [3.63, 3.8) is 0 Å². The third kappa shape index (κ3) is 2.93. The first-order valence-electron chi connectivity index (χ1n) is 6.23. The topological polar surface area (TPSA) is 19.4 Å². The Hall–Kier alpha value is -0.870. The van der Waals surface area contributed by atoms with E-state index in [1.807, 2.05) is 0 Å². The lowest BCUT2D eigenvalue weighted by Crippen LogP contribution is -2.42. The molecule has 1 saturated heterocycles. The van der Waals surface area contributed by atoms with E-state index >= 15 is 0 Å². The molecule has 0 spiro atoms. The van der Waals surface area contributed by atoms with Crippen LogP contribution in [0.3, 0.4) is 0 Å². The number of halogens is 2. The standard InChI is InChI=1S/C13H19ClFN3/c1-17(2)12-3-5-18(6-4-12)13-10(8-14)7-11(15)9-16-13/h7,9,12H,3-6,8H2,1-2H3. The molecule has 0 atom stereocenters. The van der Waals surface area contributed by atoms with Gasteiger partial charge in [0.15, 0.2) is 0 Å². The number of piperidine rings is 1. The number of rotatable bonds is 3. The molecular formula is C13H19ClFN3. The molecule has 0 aliphatic carbocycles. The number of hydrogen-bond acceptors (Lipinski definition) is 3. The highest BCUT2D eigenvalue weighted by atomic mass is 35.5. The molecule has 1 fully saturated rings. The van der Waals surface area contributed by atoms with Crippen molar-refractivity contribution in [1.82, 2.24) is 9.88 Å². The molecule has 1 aromatic heterocycles. The Bertz CT molecular complexity index is 403. The predicted molar refractivity (Wildman–Crippen MR) is 72.7 cm³/mol. The van der Waals surface area contributed by atoms with Gasteiger partial charge in [-0.3, -0.25) is 0 Å². The maximum atomic E-state index is 13.1. The number of anilines is 1. The van der Waals surface area contributed by atoms with Gasteiger partial charge in [0.2, 0.25) is 0 Å². The highest BCUT2D eigenvalue weighted by Gasteiger charge is 2.22. The van der Waals surface area contributed by atoms with Crippen LogP contribution in [-0.4, -0.2) is 43.1 Å². The van der Waals surface area contributed by atoms with Gasteiger partial charge in [0, 0.05) is 24.7 Å². The van der Waals surface area contributed by atoms with E-state index in [1.54, 1.807) is 0 Å². The van der Waals surface area contributed by atoms with Crippen molar-refractivity contribution >= 4 is 17.4 Å². The van der Waals surface area contributed by atoms with E-state index in [9.17, 15) is 4.39 Å². The summed E-state index contributed by atoms with van der Waals surface area (Å²) in [6.07, 6.45) is 3.48. The van der Waals surface area contributed by atoms with Crippen LogP contribution in [0.25, 0.3) is 0 Å². The van der Waals surface area contributed by atoms with Crippen LogP contribution < -0.4 is 4.90 Å². The van der Waals surface area contributed by atoms with Crippen molar-refractivity contribution in [3.8, 4) is 0 Å². The van der Waals surface area contributed by atoms with E-state index in [0.717, 1.165) is 37.3 Å². The number of nitrogens with zero attached hydrogens (tertiary/aromatic N) is 3. The van der Waals surface area contributed by atoms with Crippen LogP contribution in [0.2, 0.25) is 0 Å². The zero-order chi connectivity index (χ0) is 13.1. The van der Waals surface area contributed by atoms with Crippen LogP contribution in [0.1, 0.15) is 18.4 Å². The van der Waals surface area contributed by atoms with E-state index in [4.69, 9.17) is 11.6 Å². The first-order chi connectivity index (χ1) is 8.61. The first-order valence-corrected chi connectivity index (χ1v) is 6.77. The summed E-state index contributed by atoms with van der Waals surface area (Å²) in [5, 5.41) is 0. The molecular weight excluding hydrogens is 253 g/mol. The number of alkyl halides is 1. The minimum atomic E-state index is -0.322. The van der Waals surface area contributed by atoms with E-state index in [0.29, 0.717) is 11.9 Å². The Morgan fingerprint density at radius 1 is 1.44 bits per heavy atom. The van der Waals surface area contributed by atoms with E-state index in [-0.39, 0.29) is 5.82 Å². The van der Waals surface area contributed by atoms with Gasteiger partial charge in [-0.1, -0.05) is 0 Å². The minimum absolute atomic E-state index is 0.299. The summed E-state index contributed by atoms with van der Waals surface area (Å²) in [6, 6.07) is 2.11. The van der Waals surface area contributed by atoms with E-state index in [1.165, 1.54) is 12.3 Å². The second-order valence-corrected chi connectivity index (χ2v) is 5.22. The van der Waals surface area contributed by atoms with Gasteiger partial charge in [-0.05, 0) is 33.0 Å². The number of pyridine rings is 1. The Labute approximate surface area is 113 Å². The lowest BCUT2D eigenvalue weighted by molar-refractivity contribution is 0.249. The molecule has 18 heavy (non-hydrogen) atoms. The van der Waals surface area contributed by atoms with Gasteiger partial charge < -0.3 is 9.80 Å². The zero-order valence-electron chi connectivity index (χ0n) is 10.9. The molecule has 1 aromatic rings. The minimum Gasteiger partial charge on any atom is -0.356 e. The quantitative estimate of drug-likeness (QED) is 0.788. The summed E-state index contributed by atoms with van der Waals surface area (Å²) in [5.74, 6) is 0.814. The number of aromatic nitrogens is 1. The van der Waals surface area contributed by atoms with Crippen LogP contribution in [0.4, 0.5) is 10.2 Å². The van der Waals surface area contributed by atoms with E-state index < -0.39 is 0 Å². The van der Waals surface area contributed by atoms with Crippen molar-refractivity contribution in [2.45, 2.75) is 24.8 Å². The van der Waals surface area contributed by atoms with Crippen LogP contribution >= 0.6 is 11.6 Å². The fourth-order valence-corrected chi connectivity index (χ4v) is 2.65. The normalized spacial score (nSPS) is 17.5. The Morgan fingerprint density at radius 3 is 2.67 bits per heavy atom. The monoisotopic (exact) mass is 271 g/mol. The largest absolute Gasteiger partial charge is 0.356 e. The summed E-state index contributed by atoms with van der Waals surface area (Å²) >= 11 is 5.86. The van der Waals surface area contributed by atoms with Crippen LogP contribution in [0, 0.1) is 5.82 Å². The molecule has 1 aliphatic rings. The van der Waals surface area contributed by atoms with Gasteiger partial charge in [-0.2, -0.15) is 0 Å². The molecule has 2 heterocycles. The summed E-state index contributed by atoms with van der Waals surface area (Å²) in [7, 11) is 4.22. The Balaban J connectivity index is 2.09. The average Bonchev–Trinajstić information content (AvgIpc) is 2.38. The molecule has 0 bridgehead atoms. The van der Waals surface area contributed by atoms with Crippen molar-refractivity contribution in [1.29, 1.82) is 0 Å². The van der Waals surface area contributed by atoms with Crippen molar-refractivity contribution in [3.05, 3.63) is 23.6 Å². The molecule has 0 saturated carbocycles. The fraction of sp³-hybridized carbons (Fsp3) is 0.615. The first kappa shape index (κ1) is 13.6. The summed E-state index contributed by atoms with van der Waals surface area (Å²) in [4.78, 5) is 8.66. The van der Waals surface area contributed by atoms with E-state index in [2.05, 4.69) is 28.9 Å². The lowest BCUT2D eigenvalue weighted by Gasteiger charge is -2.36. The highest BCUT2D eigenvalue weighted by molar-refractivity contribution is 6.17. The average molecular weight is 272 g/mol. The lowest BCUT2D eigenvalue weighted by atomic mass is 10.0. The molecule has 0 unspecified atom stereocenters. The maximum absolute atomic E-state index is 13.1. The predicted octanol–water partition coefficient (Wildman–Crippen LogP) is 2.49. The molecule has 100 valence electrons. The Kier molecular flexibility index (Phi) is 4.40. The van der Waals surface area contributed by atoms with Crippen molar-refractivity contribution < 1.29 is 4.39 Å². The van der Waals surface area contributed by atoms with Crippen LogP contribution in [0.5, 0.6) is 0 Å². The third-order valence-electron chi connectivity index (χ3n) is 3.55. The van der Waals surface area contributed by atoms with Crippen molar-refractivity contribution in [2.75, 3.05) is 32.1 Å². The molecule has 5 heteroatoms. The van der Waals surface area contributed by atoms with Gasteiger partial charge in [0.1, 0.15) is 11.6 Å². The summed E-state index contributed by atoms with van der Waals surface area (Å²) in [5.41, 5.74) is 0.778. The summed E-state index contributed by atoms with van der Waals surface area (Å²) < 4.78 is 13.1. The molecule has 3 nitrogen and oxygen atoms in total. The molecule has 0 radical (unpaired) electrons. The van der Waals surface area contributed by atoms with Gasteiger partial charge in [0.25, 0.3) is 0 Å². The number of hydrogen-bond donors (Lipinski definition) is 0. The third-order valence-corrected chi connectivity index (χ3v) is 3.84. The molecule has 2 rings (SSSR count). The Morgan fingerprint density at radius 2 is 2.11 bits per heavy atom. The second-order valence-electron chi connectivity index (χ2n) is 4.95. The summed E-state index contributed by atoms with van der Waals surface area (Å²) in [6.45, 7) is 1.90. The van der Waals surface area contributed by atoms with Crippen LogP contribution in [-0.2, 0) is 5.88 Å². The molecule has 0 N–H and O–H groups in total. The van der Waals surface area contributed by atoms with Crippen molar-refractivity contribution in [2.24, 2.45) is 0 Å². The smallest absolute Gasteiger partial charge is 0.141 e. The maximum Gasteiger partial charge on any atom is 0.141 e. The zero-order valence-corrected chi connectivity index (χ0v) is 11.6. The van der Waals surface area contributed by atoms with Gasteiger partial charge in [0.05, 0.1) is 12.1 Å². The highest BCUT2D eigenvalue weighted by Crippen LogP contribution is 2.24.